The molecule has 2 saturated heterocycles. The lowest BCUT2D eigenvalue weighted by Crippen LogP contribution is -2.61. The van der Waals surface area contributed by atoms with Crippen LogP contribution in [0.5, 0.6) is 0 Å². The van der Waals surface area contributed by atoms with E-state index >= 15 is 0 Å². The van der Waals surface area contributed by atoms with Crippen LogP contribution in [0.1, 0.15) is 110 Å². The van der Waals surface area contributed by atoms with Crippen molar-refractivity contribution in [3.8, 4) is 0 Å². The Labute approximate surface area is 462 Å². The first-order valence-corrected chi connectivity index (χ1v) is 29.2. The van der Waals surface area contributed by atoms with Gasteiger partial charge < -0.3 is 61.7 Å². The van der Waals surface area contributed by atoms with E-state index in [9.17, 15) is 73.2 Å². The topological polar surface area (TPSA) is 360 Å². The number of H-pyrrole nitrogens is 1. The molecule has 0 radical (unpaired) electrons. The molecule has 0 spiro atoms. The molecule has 24 nitrogen and oxygen atoms in total. The summed E-state index contributed by atoms with van der Waals surface area (Å²) in [6, 6.07) is -3.56. The number of Topliss-reactive ketones (excluding diaryl/α,β-unsaturated/α-hetero) is 2. The highest BCUT2D eigenvalue weighted by Crippen LogP contribution is 2.40. The molecule has 1 aromatic heterocycles. The van der Waals surface area contributed by atoms with Crippen LogP contribution in [-0.4, -0.2) is 184 Å². The van der Waals surface area contributed by atoms with Gasteiger partial charge in [-0.25, -0.2) is 4.79 Å². The van der Waals surface area contributed by atoms with Crippen LogP contribution >= 0.6 is 33.3 Å². The van der Waals surface area contributed by atoms with Gasteiger partial charge in [-0.3, -0.25) is 47.9 Å². The smallest absolute Gasteiger partial charge is 0.333 e. The first-order valence-electron chi connectivity index (χ1n) is 25.9. The van der Waals surface area contributed by atoms with Gasteiger partial charge >= 0.3 is 5.97 Å². The average Bonchev–Trinajstić information content (AvgIpc) is 4.04. The summed E-state index contributed by atoms with van der Waals surface area (Å²) >= 11 is 1.04. The highest BCUT2D eigenvalue weighted by Gasteiger charge is 2.44. The van der Waals surface area contributed by atoms with Crippen LogP contribution in [0.25, 0.3) is 10.9 Å². The van der Waals surface area contributed by atoms with E-state index in [-0.39, 0.29) is 63.0 Å². The zero-order chi connectivity index (χ0) is 57.4. The second kappa shape index (κ2) is 26.6. The van der Waals surface area contributed by atoms with Gasteiger partial charge in [-0.15, -0.1) is 16.8 Å². The van der Waals surface area contributed by atoms with Crippen molar-refractivity contribution >= 4 is 109 Å². The number of aliphatic hydroxyl groups is 4. The number of hydrogen-bond donors (Lipinski definition) is 10. The molecular weight excluding hydrogens is 1080 g/mol. The number of aliphatic hydroxyl groups excluding tert-OH is 3. The third-order valence-electron chi connectivity index (χ3n) is 13.8. The fourth-order valence-electron chi connectivity index (χ4n) is 9.29. The second-order valence-electron chi connectivity index (χ2n) is 21.3. The number of nitrogens with one attached hydrogen (secondary N) is 6. The summed E-state index contributed by atoms with van der Waals surface area (Å²) in [5, 5.41) is 56.8. The van der Waals surface area contributed by atoms with Gasteiger partial charge in [0.2, 0.25) is 35.4 Å². The van der Waals surface area contributed by atoms with Gasteiger partial charge in [0.25, 0.3) is 11.8 Å². The number of thioether (sulfide) groups is 1. The lowest BCUT2D eigenvalue weighted by molar-refractivity contribution is -0.197. The van der Waals surface area contributed by atoms with Crippen molar-refractivity contribution in [2.75, 3.05) is 24.7 Å². The number of fused-ring (bicyclic) bond motifs is 5. The van der Waals surface area contributed by atoms with Gasteiger partial charge in [0.05, 0.1) is 35.5 Å². The molecule has 4 aliphatic rings. The van der Waals surface area contributed by atoms with Crippen LogP contribution in [0.15, 0.2) is 23.2 Å². The van der Waals surface area contributed by atoms with Crippen LogP contribution in [0.2, 0.25) is 0 Å². The molecule has 8 amide bonds. The molecule has 1 unspecified atom stereocenters. The first kappa shape index (κ1) is 61.6. The number of imide groups is 1. The molecule has 2 fully saturated rings. The van der Waals surface area contributed by atoms with Crippen LogP contribution in [-0.2, 0) is 70.4 Å². The number of carbonyl (C=O) groups excluding carboxylic acids is 11. The Morgan fingerprint density at radius 2 is 1.56 bits per heavy atom. The van der Waals surface area contributed by atoms with Gasteiger partial charge in [-0.2, -0.15) is 0 Å². The van der Waals surface area contributed by atoms with Gasteiger partial charge in [0, 0.05) is 91.0 Å². The van der Waals surface area contributed by atoms with E-state index in [2.05, 4.69) is 31.6 Å². The molecule has 2 aromatic rings. The minimum absolute atomic E-state index is 0.000248. The number of carbonyl (C=O) groups is 11. The molecular formula is C51H70N8O16S3. The fourth-order valence-corrected chi connectivity index (χ4v) is 13.1. The Balaban J connectivity index is 1.31. The number of aromatic nitrogens is 1. The molecule has 1 aromatic carbocycles. The average molecular weight is 1150 g/mol. The predicted molar refractivity (Wildman–Crippen MR) is 285 cm³/mol. The SMILES string of the molecule is CC(O)[C@H]1NC(=O)[C@H](C)NC(=O)[C@H](C[C@@](C)(O)CO)NC(=O)[C@H]2CC(=O)[C@H](C)NC(=O)[C@@H]3C[C@@H](O)CN3C(=O)[C@@H](CSc3[nH]c4ccc(CC(=O)CCCSSC(C)(C)CCC(=O)ON5C(=O)CCC5=O)cc4c3C2)NC1=O. The van der Waals surface area contributed by atoms with E-state index < -0.39 is 143 Å². The number of aromatic amines is 1. The third kappa shape index (κ3) is 16.3. The Bertz CT molecular complexity index is 2650. The van der Waals surface area contributed by atoms with E-state index in [1.165, 1.54) is 49.3 Å². The van der Waals surface area contributed by atoms with Gasteiger partial charge in [0.15, 0.2) is 5.78 Å². The number of hydrogen-bond acceptors (Lipinski definition) is 19. The fraction of sp³-hybridized carbons (Fsp3) is 0.627. The summed E-state index contributed by atoms with van der Waals surface area (Å²) in [5.41, 5.74) is -0.372. The van der Waals surface area contributed by atoms with E-state index in [1.807, 2.05) is 13.8 Å². The second-order valence-corrected chi connectivity index (χ2v) is 25.4. The number of rotatable bonds is 16. The molecule has 0 saturated carbocycles. The Morgan fingerprint density at radius 1 is 0.872 bits per heavy atom. The van der Waals surface area contributed by atoms with Gasteiger partial charge in [-0.1, -0.05) is 27.7 Å². The van der Waals surface area contributed by atoms with E-state index in [1.54, 1.807) is 18.2 Å². The van der Waals surface area contributed by atoms with Crippen molar-refractivity contribution < 1.29 is 78.0 Å². The molecule has 10 N–H and O–H groups in total. The van der Waals surface area contributed by atoms with Crippen molar-refractivity contribution in [3.05, 3.63) is 29.3 Å². The number of ketones is 2. The van der Waals surface area contributed by atoms with Crippen molar-refractivity contribution in [3.63, 3.8) is 0 Å². The zero-order valence-electron chi connectivity index (χ0n) is 44.3. The van der Waals surface area contributed by atoms with Crippen LogP contribution in [0.3, 0.4) is 0 Å². The molecule has 4 aliphatic heterocycles. The maximum Gasteiger partial charge on any atom is 0.333 e. The van der Waals surface area contributed by atoms with Gasteiger partial charge in [0.1, 0.15) is 36.0 Å². The lowest BCUT2D eigenvalue weighted by Gasteiger charge is -2.31. The third-order valence-corrected chi connectivity index (χ3v) is 18.4. The number of nitrogens with zero attached hydrogens (tertiary/aromatic N) is 2. The molecule has 10 atom stereocenters. The van der Waals surface area contributed by atoms with E-state index in [4.69, 9.17) is 4.84 Å². The number of amides is 8. The maximum atomic E-state index is 14.8. The van der Waals surface area contributed by atoms with Crippen LogP contribution in [0.4, 0.5) is 0 Å². The van der Waals surface area contributed by atoms with Crippen molar-refractivity contribution in [1.29, 1.82) is 0 Å². The predicted octanol–water partition coefficient (Wildman–Crippen LogP) is -0.216. The minimum atomic E-state index is -1.95. The molecule has 6 rings (SSSR count). The molecule has 78 heavy (non-hydrogen) atoms. The molecule has 5 heterocycles. The molecule has 428 valence electrons. The van der Waals surface area contributed by atoms with Crippen molar-refractivity contribution in [2.45, 2.75) is 176 Å². The summed E-state index contributed by atoms with van der Waals surface area (Å²) in [5.74, 6) is -8.88. The van der Waals surface area contributed by atoms with Crippen molar-refractivity contribution in [2.24, 2.45) is 5.92 Å². The monoisotopic (exact) mass is 1150 g/mol. The van der Waals surface area contributed by atoms with Crippen LogP contribution < -0.4 is 26.6 Å². The highest BCUT2D eigenvalue weighted by molar-refractivity contribution is 8.77. The largest absolute Gasteiger partial charge is 0.393 e. The Hall–Kier alpha value is -5.58. The molecule has 0 aliphatic carbocycles. The van der Waals surface area contributed by atoms with Crippen LogP contribution in [0, 0.1) is 5.92 Å². The van der Waals surface area contributed by atoms with Crippen molar-refractivity contribution in [1.82, 2.24) is 41.5 Å². The van der Waals surface area contributed by atoms with E-state index in [0.717, 1.165) is 16.7 Å². The summed E-state index contributed by atoms with van der Waals surface area (Å²) < 4.78 is -0.391. The summed E-state index contributed by atoms with van der Waals surface area (Å²) in [7, 11) is 3.06. The van der Waals surface area contributed by atoms with Gasteiger partial charge in [-0.05, 0) is 84.1 Å². The quantitative estimate of drug-likeness (QED) is 0.0590. The molecule has 2 bridgehead atoms. The normalized spacial score (nSPS) is 26.5. The summed E-state index contributed by atoms with van der Waals surface area (Å²) in [6.07, 6.45) is -3.12. The summed E-state index contributed by atoms with van der Waals surface area (Å²) in [6.45, 7) is 7.81. The lowest BCUT2D eigenvalue weighted by atomic mass is 9.89. The highest BCUT2D eigenvalue weighted by atomic mass is 33.1. The summed E-state index contributed by atoms with van der Waals surface area (Å²) in [4.78, 5) is 158. The Morgan fingerprint density at radius 3 is 2.24 bits per heavy atom. The van der Waals surface area contributed by atoms with E-state index in [0.29, 0.717) is 50.7 Å². The first-order chi connectivity index (χ1) is 36.6. The standard InChI is InChI=1S/C51H70N8O16S3/c1-25-38(64)19-29-18-33-32-17-28(16-30(62)8-7-15-77-78-50(4,5)14-13-41(67)75-59-39(65)11-12-40(59)66)9-10-34(32)56-48(33)76-23-36(49(73)58-22-31(63)20-37(58)46(71)52-25)55-47(72)42(27(3)61)57-43(68)26(2)53-45(70)35(54-44(29)69)21-51(6,74)24-60/h9-10,17,25-27,29,31,35-37,42,56,60-61,63,74H,7-8,11-16,18-24H2,1-6H3,(H,52,71)(H,53,70)(H,54,69)(H,55,72)(H,57,68)/t25-,26-,27?,29+,31+,35-,36+,37-,42+,51+/m0/s1. The number of benzene rings is 1. The minimum Gasteiger partial charge on any atom is -0.393 e. The molecule has 27 heteroatoms. The maximum absolute atomic E-state index is 14.8. The Kier molecular flexibility index (Phi) is 21.0. The zero-order valence-corrected chi connectivity index (χ0v) is 46.8. The number of hydroxylamine groups is 2.